The van der Waals surface area contributed by atoms with Crippen LogP contribution in [0.5, 0.6) is 0 Å². The van der Waals surface area contributed by atoms with E-state index >= 15 is 0 Å². The number of hydrogen-bond acceptors (Lipinski definition) is 6. The standard InChI is InChI=1S/C25H37N7O3/c1-25(2,3)22(32-14-19(27-29-32)15-9-10-15)24(35)31-13-16(33)11-20(31)23(34)26-12-21-17-7-5-6-8-18(17)28-30(21)4/h14-16,20,22,33H,5-13H2,1-4H3,(H,26,34)/t16-,20+,22-/m1/s1. The molecule has 5 rings (SSSR count). The molecule has 2 aromatic rings. The summed E-state index contributed by atoms with van der Waals surface area (Å²) >= 11 is 0. The second kappa shape index (κ2) is 9.04. The van der Waals surface area contributed by atoms with Crippen LogP contribution in [0.1, 0.15) is 87.5 Å². The van der Waals surface area contributed by atoms with Crippen molar-refractivity contribution in [1.82, 2.24) is 35.0 Å². The quantitative estimate of drug-likeness (QED) is 0.645. The molecule has 3 aliphatic rings. The molecule has 0 aromatic carbocycles. The zero-order valence-electron chi connectivity index (χ0n) is 21.2. The van der Waals surface area contributed by atoms with Crippen LogP contribution < -0.4 is 5.32 Å². The fourth-order valence-corrected chi connectivity index (χ4v) is 5.58. The van der Waals surface area contributed by atoms with Crippen LogP contribution in [0.4, 0.5) is 0 Å². The van der Waals surface area contributed by atoms with E-state index in [1.807, 2.05) is 38.7 Å². The van der Waals surface area contributed by atoms with Gasteiger partial charge in [-0.1, -0.05) is 26.0 Å². The van der Waals surface area contributed by atoms with Gasteiger partial charge in [-0.2, -0.15) is 5.10 Å². The number of nitrogens with one attached hydrogen (secondary N) is 1. The van der Waals surface area contributed by atoms with Crippen LogP contribution in [0.3, 0.4) is 0 Å². The van der Waals surface area contributed by atoms with Crippen molar-refractivity contribution in [3.63, 3.8) is 0 Å². The molecule has 10 heteroatoms. The van der Waals surface area contributed by atoms with E-state index in [-0.39, 0.29) is 24.8 Å². The molecule has 1 saturated carbocycles. The summed E-state index contributed by atoms with van der Waals surface area (Å²) in [4.78, 5) is 28.7. The van der Waals surface area contributed by atoms with E-state index in [1.54, 1.807) is 4.68 Å². The number of hydrogen-bond donors (Lipinski definition) is 2. The molecule has 190 valence electrons. The zero-order chi connectivity index (χ0) is 24.9. The van der Waals surface area contributed by atoms with Gasteiger partial charge in [0.15, 0.2) is 0 Å². The van der Waals surface area contributed by atoms with E-state index in [0.29, 0.717) is 12.5 Å². The maximum Gasteiger partial charge on any atom is 0.248 e. The Morgan fingerprint density at radius 2 is 1.97 bits per heavy atom. The number of β-amino-alcohol motifs (C(OH)–C–C–N with tert-alkyl or cyclic N) is 1. The van der Waals surface area contributed by atoms with Gasteiger partial charge in [0.2, 0.25) is 11.8 Å². The Hall–Kier alpha value is -2.75. The predicted octanol–water partition coefficient (Wildman–Crippen LogP) is 1.63. The number of aliphatic hydroxyl groups is 1. The Morgan fingerprint density at radius 1 is 1.23 bits per heavy atom. The Balaban J connectivity index is 1.33. The van der Waals surface area contributed by atoms with Gasteiger partial charge in [-0.3, -0.25) is 14.3 Å². The van der Waals surface area contributed by atoms with Crippen LogP contribution in [-0.2, 0) is 36.0 Å². The Labute approximate surface area is 206 Å². The first kappa shape index (κ1) is 24.0. The highest BCUT2D eigenvalue weighted by molar-refractivity contribution is 5.90. The van der Waals surface area contributed by atoms with Gasteiger partial charge in [-0.25, -0.2) is 4.68 Å². The number of likely N-dealkylation sites (tertiary alicyclic amines) is 1. The van der Waals surface area contributed by atoms with Crippen LogP contribution in [0.15, 0.2) is 6.20 Å². The lowest BCUT2D eigenvalue weighted by Gasteiger charge is -2.34. The van der Waals surface area contributed by atoms with Crippen molar-refractivity contribution >= 4 is 11.8 Å². The van der Waals surface area contributed by atoms with Crippen LogP contribution in [0.2, 0.25) is 0 Å². The summed E-state index contributed by atoms with van der Waals surface area (Å²) in [6.45, 7) is 6.46. The van der Waals surface area contributed by atoms with Gasteiger partial charge in [-0.15, -0.1) is 5.10 Å². The Morgan fingerprint density at radius 3 is 2.69 bits per heavy atom. The third-order valence-electron chi connectivity index (χ3n) is 7.59. The lowest BCUT2D eigenvalue weighted by atomic mass is 9.85. The lowest BCUT2D eigenvalue weighted by molar-refractivity contribution is -0.144. The summed E-state index contributed by atoms with van der Waals surface area (Å²) in [6.07, 6.45) is 7.81. The smallest absolute Gasteiger partial charge is 0.248 e. The Kier molecular flexibility index (Phi) is 6.19. The summed E-state index contributed by atoms with van der Waals surface area (Å²) in [5, 5.41) is 26.7. The summed E-state index contributed by atoms with van der Waals surface area (Å²) in [6, 6.07) is -1.34. The molecule has 2 aliphatic carbocycles. The van der Waals surface area contributed by atoms with Gasteiger partial charge in [0.1, 0.15) is 12.1 Å². The number of fused-ring (bicyclic) bond motifs is 1. The molecule has 3 heterocycles. The predicted molar refractivity (Wildman–Crippen MR) is 128 cm³/mol. The molecule has 2 aromatic heterocycles. The molecular formula is C25H37N7O3. The second-order valence-electron chi connectivity index (χ2n) is 11.5. The van der Waals surface area contributed by atoms with Crippen molar-refractivity contribution in [3.8, 4) is 0 Å². The number of aryl methyl sites for hydroxylation is 2. The van der Waals surface area contributed by atoms with E-state index in [4.69, 9.17) is 0 Å². The van der Waals surface area contributed by atoms with Crippen molar-refractivity contribution in [1.29, 1.82) is 0 Å². The molecule has 35 heavy (non-hydrogen) atoms. The summed E-state index contributed by atoms with van der Waals surface area (Å²) in [5.41, 5.74) is 3.86. The third-order valence-corrected chi connectivity index (χ3v) is 7.59. The topological polar surface area (TPSA) is 118 Å². The number of amides is 2. The SMILES string of the molecule is Cn1nc2c(c1CNC(=O)[C@@H]1C[C@@H](O)CN1C(=O)[C@@H](n1cc(C3CC3)nn1)C(C)(C)C)CCCC2. The molecule has 0 unspecified atom stereocenters. The van der Waals surface area contributed by atoms with Crippen molar-refractivity contribution in [2.75, 3.05) is 6.54 Å². The molecule has 0 bridgehead atoms. The number of carbonyl (C=O) groups excluding carboxylic acids is 2. The minimum absolute atomic E-state index is 0.134. The van der Waals surface area contributed by atoms with Crippen molar-refractivity contribution in [2.45, 2.75) is 96.4 Å². The number of aromatic nitrogens is 5. The minimum Gasteiger partial charge on any atom is -0.391 e. The van der Waals surface area contributed by atoms with Gasteiger partial charge < -0.3 is 15.3 Å². The molecule has 3 atom stereocenters. The van der Waals surface area contributed by atoms with Crippen molar-refractivity contribution in [3.05, 3.63) is 28.8 Å². The maximum atomic E-state index is 13.9. The van der Waals surface area contributed by atoms with E-state index in [9.17, 15) is 14.7 Å². The first-order chi connectivity index (χ1) is 16.6. The zero-order valence-corrected chi connectivity index (χ0v) is 21.2. The average Bonchev–Trinajstić information content (AvgIpc) is 3.26. The summed E-state index contributed by atoms with van der Waals surface area (Å²) in [7, 11) is 1.91. The molecule has 0 spiro atoms. The van der Waals surface area contributed by atoms with E-state index in [0.717, 1.165) is 55.6 Å². The van der Waals surface area contributed by atoms with Crippen molar-refractivity contribution < 1.29 is 14.7 Å². The fraction of sp³-hybridized carbons (Fsp3) is 0.720. The van der Waals surface area contributed by atoms with Gasteiger partial charge in [-0.05, 0) is 49.5 Å². The van der Waals surface area contributed by atoms with Crippen LogP contribution >= 0.6 is 0 Å². The van der Waals surface area contributed by atoms with Gasteiger partial charge >= 0.3 is 0 Å². The molecule has 1 aliphatic heterocycles. The normalized spacial score (nSPS) is 23.3. The monoisotopic (exact) mass is 483 g/mol. The van der Waals surface area contributed by atoms with Crippen LogP contribution in [0, 0.1) is 5.41 Å². The molecular weight excluding hydrogens is 446 g/mol. The number of aliphatic hydroxyl groups excluding tert-OH is 1. The lowest BCUT2D eigenvalue weighted by Crippen LogP contribution is -2.50. The molecule has 2 amide bonds. The molecule has 10 nitrogen and oxygen atoms in total. The third kappa shape index (κ3) is 4.72. The van der Waals surface area contributed by atoms with Gasteiger partial charge in [0, 0.05) is 32.1 Å². The fourth-order valence-electron chi connectivity index (χ4n) is 5.58. The summed E-state index contributed by atoms with van der Waals surface area (Å²) in [5.74, 6) is -0.0192. The van der Waals surface area contributed by atoms with E-state index in [2.05, 4.69) is 20.7 Å². The maximum absolute atomic E-state index is 13.9. The number of rotatable bonds is 6. The van der Waals surface area contributed by atoms with Crippen LogP contribution in [-0.4, -0.2) is 65.3 Å². The molecule has 1 saturated heterocycles. The highest BCUT2D eigenvalue weighted by Gasteiger charge is 2.45. The van der Waals surface area contributed by atoms with E-state index in [1.165, 1.54) is 10.5 Å². The number of nitrogens with zero attached hydrogens (tertiary/aromatic N) is 6. The highest BCUT2D eigenvalue weighted by atomic mass is 16.3. The Bertz CT molecular complexity index is 1110. The van der Waals surface area contributed by atoms with Gasteiger partial charge in [0.25, 0.3) is 0 Å². The van der Waals surface area contributed by atoms with E-state index < -0.39 is 23.6 Å². The molecule has 2 fully saturated rings. The highest BCUT2D eigenvalue weighted by Crippen LogP contribution is 2.40. The average molecular weight is 484 g/mol. The van der Waals surface area contributed by atoms with Crippen molar-refractivity contribution in [2.24, 2.45) is 12.5 Å². The first-order valence-corrected chi connectivity index (χ1v) is 12.8. The second-order valence-corrected chi connectivity index (χ2v) is 11.5. The molecule has 0 radical (unpaired) electrons. The van der Waals surface area contributed by atoms with Gasteiger partial charge in [0.05, 0.1) is 29.7 Å². The summed E-state index contributed by atoms with van der Waals surface area (Å²) < 4.78 is 3.51. The first-order valence-electron chi connectivity index (χ1n) is 12.8. The largest absolute Gasteiger partial charge is 0.391 e. The molecule has 2 N–H and O–H groups in total. The number of carbonyl (C=O) groups is 2. The van der Waals surface area contributed by atoms with Crippen LogP contribution in [0.25, 0.3) is 0 Å². The minimum atomic E-state index is -0.738.